The van der Waals surface area contributed by atoms with Crippen molar-refractivity contribution in [3.05, 3.63) is 30.1 Å². The molecule has 1 N–H and O–H groups in total. The maximum Gasteiger partial charge on any atom is 0.320 e. The van der Waals surface area contributed by atoms with E-state index >= 15 is 0 Å². The Morgan fingerprint density at radius 1 is 1.50 bits per heavy atom. The number of likely N-dealkylation sites (N-methyl/N-ethyl adjacent to an activating group) is 1. The van der Waals surface area contributed by atoms with Crippen molar-refractivity contribution in [2.45, 2.75) is 24.3 Å². The molecule has 0 saturated carbocycles. The highest BCUT2D eigenvalue weighted by molar-refractivity contribution is 7.99. The van der Waals surface area contributed by atoms with Crippen LogP contribution in [0.5, 0.6) is 0 Å². The largest absolute Gasteiger partial charge is 0.480 e. The van der Waals surface area contributed by atoms with Crippen LogP contribution in [0, 0.1) is 5.82 Å². The summed E-state index contributed by atoms with van der Waals surface area (Å²) in [6.07, 6.45) is 0.566. The zero-order valence-corrected chi connectivity index (χ0v) is 11.4. The van der Waals surface area contributed by atoms with Crippen molar-refractivity contribution in [1.29, 1.82) is 0 Å². The maximum absolute atomic E-state index is 13.3. The van der Waals surface area contributed by atoms with Crippen molar-refractivity contribution < 1.29 is 14.3 Å². The molecule has 0 radical (unpaired) electrons. The van der Waals surface area contributed by atoms with Gasteiger partial charge in [0.15, 0.2) is 0 Å². The van der Waals surface area contributed by atoms with Gasteiger partial charge in [-0.15, -0.1) is 11.8 Å². The molecule has 1 aromatic rings. The molecule has 18 heavy (non-hydrogen) atoms. The minimum absolute atomic E-state index is 0.226. The van der Waals surface area contributed by atoms with Crippen molar-refractivity contribution >= 4 is 17.7 Å². The lowest BCUT2D eigenvalue weighted by atomic mass is 10.2. The first-order valence-corrected chi connectivity index (χ1v) is 6.85. The molecule has 0 saturated heterocycles. The number of carboxylic acids is 1. The SMILES string of the molecule is CCC(C(=O)O)N(C)CCSc1ccccc1F. The molecule has 0 aliphatic rings. The highest BCUT2D eigenvalue weighted by atomic mass is 32.2. The predicted octanol–water partition coefficient (Wildman–Crippen LogP) is 2.71. The topological polar surface area (TPSA) is 40.5 Å². The smallest absolute Gasteiger partial charge is 0.320 e. The molecule has 0 fully saturated rings. The zero-order valence-electron chi connectivity index (χ0n) is 10.6. The van der Waals surface area contributed by atoms with Crippen LogP contribution < -0.4 is 0 Å². The van der Waals surface area contributed by atoms with Gasteiger partial charge >= 0.3 is 5.97 Å². The average Bonchev–Trinajstić information content (AvgIpc) is 2.32. The molecular formula is C13H18FNO2S. The van der Waals surface area contributed by atoms with E-state index in [0.717, 1.165) is 0 Å². The second kappa shape index (κ2) is 7.38. The first kappa shape index (κ1) is 15.0. The molecule has 0 heterocycles. The molecular weight excluding hydrogens is 253 g/mol. The molecule has 3 nitrogen and oxygen atoms in total. The molecule has 0 aliphatic heterocycles. The predicted molar refractivity (Wildman–Crippen MR) is 71.5 cm³/mol. The van der Waals surface area contributed by atoms with Gasteiger partial charge in [-0.25, -0.2) is 4.39 Å². The summed E-state index contributed by atoms with van der Waals surface area (Å²) in [5.41, 5.74) is 0. The number of hydrogen-bond donors (Lipinski definition) is 1. The Balaban J connectivity index is 2.42. The molecule has 0 spiro atoms. The van der Waals surface area contributed by atoms with Crippen LogP contribution in [0.15, 0.2) is 29.2 Å². The van der Waals surface area contributed by atoms with Crippen LogP contribution in [0.25, 0.3) is 0 Å². The summed E-state index contributed by atoms with van der Waals surface area (Å²) in [7, 11) is 1.78. The van der Waals surface area contributed by atoms with Crippen LogP contribution in [-0.2, 0) is 4.79 Å². The zero-order chi connectivity index (χ0) is 13.5. The molecule has 100 valence electrons. The summed E-state index contributed by atoms with van der Waals surface area (Å²) in [6, 6.07) is 6.14. The van der Waals surface area contributed by atoms with Crippen molar-refractivity contribution in [2.24, 2.45) is 0 Å². The molecule has 0 amide bonds. The van der Waals surface area contributed by atoms with Gasteiger partial charge in [0.2, 0.25) is 0 Å². The molecule has 5 heteroatoms. The van der Waals surface area contributed by atoms with Gasteiger partial charge in [-0.05, 0) is 25.6 Å². The van der Waals surface area contributed by atoms with E-state index in [1.807, 2.05) is 6.92 Å². The highest BCUT2D eigenvalue weighted by Crippen LogP contribution is 2.21. The standard InChI is InChI=1S/C13H18FNO2S/c1-3-11(13(16)17)15(2)8-9-18-12-7-5-4-6-10(12)14/h4-7,11H,3,8-9H2,1-2H3,(H,16,17). The molecule has 1 aromatic carbocycles. The molecule has 1 rings (SSSR count). The van der Waals surface area contributed by atoms with Gasteiger partial charge in [0.25, 0.3) is 0 Å². The van der Waals surface area contributed by atoms with Crippen LogP contribution in [0.2, 0.25) is 0 Å². The fourth-order valence-corrected chi connectivity index (χ4v) is 2.67. The van der Waals surface area contributed by atoms with Crippen LogP contribution in [0.1, 0.15) is 13.3 Å². The number of hydrogen-bond acceptors (Lipinski definition) is 3. The van der Waals surface area contributed by atoms with Crippen LogP contribution in [0.4, 0.5) is 4.39 Å². The lowest BCUT2D eigenvalue weighted by Gasteiger charge is -2.23. The van der Waals surface area contributed by atoms with Gasteiger partial charge in [0.1, 0.15) is 11.9 Å². The highest BCUT2D eigenvalue weighted by Gasteiger charge is 2.19. The number of rotatable bonds is 7. The Morgan fingerprint density at radius 2 is 2.17 bits per heavy atom. The fraction of sp³-hybridized carbons (Fsp3) is 0.462. The Morgan fingerprint density at radius 3 is 2.72 bits per heavy atom. The van der Waals surface area contributed by atoms with E-state index in [2.05, 4.69) is 0 Å². The van der Waals surface area contributed by atoms with Crippen molar-refractivity contribution in [2.75, 3.05) is 19.3 Å². The van der Waals surface area contributed by atoms with E-state index in [9.17, 15) is 9.18 Å². The van der Waals surface area contributed by atoms with Crippen LogP contribution >= 0.6 is 11.8 Å². The van der Waals surface area contributed by atoms with Gasteiger partial charge in [-0.2, -0.15) is 0 Å². The Bertz CT molecular complexity index is 400. The summed E-state index contributed by atoms with van der Waals surface area (Å²) < 4.78 is 13.3. The van der Waals surface area contributed by atoms with Gasteiger partial charge in [0.05, 0.1) is 0 Å². The number of halogens is 1. The summed E-state index contributed by atoms with van der Waals surface area (Å²) >= 11 is 1.41. The number of carbonyl (C=O) groups is 1. The van der Waals surface area contributed by atoms with Crippen molar-refractivity contribution in [3.63, 3.8) is 0 Å². The van der Waals surface area contributed by atoms with E-state index in [0.29, 0.717) is 23.6 Å². The maximum atomic E-state index is 13.3. The quantitative estimate of drug-likeness (QED) is 0.774. The number of thioether (sulfide) groups is 1. The first-order valence-electron chi connectivity index (χ1n) is 5.86. The van der Waals surface area contributed by atoms with E-state index in [1.54, 1.807) is 30.1 Å². The second-order valence-electron chi connectivity index (χ2n) is 4.02. The Kier molecular flexibility index (Phi) is 6.15. The van der Waals surface area contributed by atoms with E-state index in [4.69, 9.17) is 5.11 Å². The van der Waals surface area contributed by atoms with Gasteiger partial charge in [0, 0.05) is 17.2 Å². The van der Waals surface area contributed by atoms with Crippen molar-refractivity contribution in [3.8, 4) is 0 Å². The van der Waals surface area contributed by atoms with Gasteiger partial charge in [-0.3, -0.25) is 9.69 Å². The third kappa shape index (κ3) is 4.31. The second-order valence-corrected chi connectivity index (χ2v) is 5.16. The summed E-state index contributed by atoms with van der Waals surface area (Å²) in [5, 5.41) is 9.00. The minimum Gasteiger partial charge on any atom is -0.480 e. The Labute approximate surface area is 111 Å². The fourth-order valence-electron chi connectivity index (χ4n) is 1.69. The molecule has 0 aliphatic carbocycles. The first-order chi connectivity index (χ1) is 8.56. The Hall–Kier alpha value is -1.07. The number of carboxylic acid groups (broad SMARTS) is 1. The number of benzene rings is 1. The lowest BCUT2D eigenvalue weighted by molar-refractivity contribution is -0.142. The minimum atomic E-state index is -0.809. The van der Waals surface area contributed by atoms with Crippen LogP contribution in [-0.4, -0.2) is 41.4 Å². The monoisotopic (exact) mass is 271 g/mol. The third-order valence-corrected chi connectivity index (χ3v) is 3.77. The van der Waals surface area contributed by atoms with Crippen molar-refractivity contribution in [1.82, 2.24) is 4.90 Å². The molecule has 1 unspecified atom stereocenters. The molecule has 0 bridgehead atoms. The average molecular weight is 271 g/mol. The van der Waals surface area contributed by atoms with E-state index < -0.39 is 12.0 Å². The van der Waals surface area contributed by atoms with Gasteiger partial charge in [-0.1, -0.05) is 19.1 Å². The number of aliphatic carboxylic acids is 1. The normalized spacial score (nSPS) is 12.7. The number of nitrogens with zero attached hydrogens (tertiary/aromatic N) is 1. The lowest BCUT2D eigenvalue weighted by Crippen LogP contribution is -2.39. The van der Waals surface area contributed by atoms with E-state index in [-0.39, 0.29) is 5.82 Å². The molecule has 1 atom stereocenters. The third-order valence-electron chi connectivity index (χ3n) is 2.74. The summed E-state index contributed by atoms with van der Waals surface area (Å²) in [6.45, 7) is 2.46. The summed E-state index contributed by atoms with van der Waals surface area (Å²) in [5.74, 6) is -0.368. The summed E-state index contributed by atoms with van der Waals surface area (Å²) in [4.78, 5) is 13.3. The molecule has 0 aromatic heterocycles. The van der Waals surface area contributed by atoms with E-state index in [1.165, 1.54) is 17.8 Å². The van der Waals surface area contributed by atoms with Crippen LogP contribution in [0.3, 0.4) is 0 Å². The van der Waals surface area contributed by atoms with Gasteiger partial charge < -0.3 is 5.11 Å².